The predicted octanol–water partition coefficient (Wildman–Crippen LogP) is 3.03. The molecule has 2 rings (SSSR count). The van der Waals surface area contributed by atoms with Crippen molar-refractivity contribution < 1.29 is 19.2 Å². The van der Waals surface area contributed by atoms with Crippen LogP contribution < -0.4 is 5.32 Å². The molecular formula is C17H23N3O4. The second kappa shape index (κ2) is 6.59. The first-order valence-corrected chi connectivity index (χ1v) is 7.92. The van der Waals surface area contributed by atoms with Crippen molar-refractivity contribution in [3.63, 3.8) is 0 Å². The number of aliphatic carboxylic acids is 1. The molecule has 0 radical (unpaired) electrons. The highest BCUT2D eigenvalue weighted by atomic mass is 16.5. The summed E-state index contributed by atoms with van der Waals surface area (Å²) < 4.78 is 5.22. The zero-order valence-electron chi connectivity index (χ0n) is 14.6. The third kappa shape index (κ3) is 3.90. The van der Waals surface area contributed by atoms with Gasteiger partial charge in [0, 0.05) is 17.7 Å². The molecule has 2 N–H and O–H groups in total. The average molecular weight is 333 g/mol. The lowest BCUT2D eigenvalue weighted by Gasteiger charge is -2.26. The van der Waals surface area contributed by atoms with E-state index in [-0.39, 0.29) is 18.2 Å². The minimum atomic E-state index is -0.888. The number of carboxylic acids is 1. The third-order valence-corrected chi connectivity index (χ3v) is 3.89. The first-order valence-electron chi connectivity index (χ1n) is 7.92. The Kier molecular flexibility index (Phi) is 4.91. The fraction of sp³-hybridized carbons (Fsp3) is 0.529. The van der Waals surface area contributed by atoms with Crippen LogP contribution in [0.1, 0.15) is 68.2 Å². The second-order valence-electron chi connectivity index (χ2n) is 6.93. The Morgan fingerprint density at radius 3 is 2.62 bits per heavy atom. The quantitative estimate of drug-likeness (QED) is 0.842. The highest BCUT2D eigenvalue weighted by molar-refractivity contribution is 6.06. The Morgan fingerprint density at radius 2 is 2.04 bits per heavy atom. The van der Waals surface area contributed by atoms with Crippen molar-refractivity contribution in [1.82, 2.24) is 15.5 Å². The Balaban J connectivity index is 2.37. The van der Waals surface area contributed by atoms with E-state index in [0.717, 1.165) is 5.69 Å². The van der Waals surface area contributed by atoms with Gasteiger partial charge in [-0.15, -0.1) is 0 Å². The molecule has 2 aromatic rings. The normalized spacial score (nSPS) is 11.9. The summed E-state index contributed by atoms with van der Waals surface area (Å²) in [4.78, 5) is 28.0. The summed E-state index contributed by atoms with van der Waals surface area (Å²) in [6.45, 7) is 9.33. The molecule has 1 amide bonds. The maximum absolute atomic E-state index is 12.8. The number of aryl methyl sites for hydroxylation is 1. The molecule has 7 heteroatoms. The van der Waals surface area contributed by atoms with Crippen LogP contribution in [0.15, 0.2) is 10.6 Å². The van der Waals surface area contributed by atoms with Crippen LogP contribution in [0.3, 0.4) is 0 Å². The Hall–Kier alpha value is -2.44. The fourth-order valence-corrected chi connectivity index (χ4v) is 2.45. The van der Waals surface area contributed by atoms with E-state index in [4.69, 9.17) is 9.63 Å². The highest BCUT2D eigenvalue weighted by Crippen LogP contribution is 2.25. The molecule has 2 aromatic heterocycles. The Morgan fingerprint density at radius 1 is 1.38 bits per heavy atom. The van der Waals surface area contributed by atoms with Gasteiger partial charge in [0.1, 0.15) is 0 Å². The van der Waals surface area contributed by atoms with Gasteiger partial charge in [0.15, 0.2) is 0 Å². The summed E-state index contributed by atoms with van der Waals surface area (Å²) in [5.41, 5.74) is 1.49. The van der Waals surface area contributed by atoms with E-state index >= 15 is 0 Å². The van der Waals surface area contributed by atoms with Crippen LogP contribution in [0, 0.1) is 6.92 Å². The molecule has 0 aromatic carbocycles. The van der Waals surface area contributed by atoms with E-state index in [2.05, 4.69) is 15.5 Å². The molecule has 0 aliphatic heterocycles. The number of carbonyl (C=O) groups is 2. The van der Waals surface area contributed by atoms with Gasteiger partial charge in [-0.2, -0.15) is 0 Å². The number of hydrogen-bond donors (Lipinski definition) is 2. The van der Waals surface area contributed by atoms with Crippen molar-refractivity contribution in [3.8, 4) is 0 Å². The van der Waals surface area contributed by atoms with E-state index in [0.29, 0.717) is 28.8 Å². The average Bonchev–Trinajstić information content (AvgIpc) is 2.85. The number of nitrogens with one attached hydrogen (secondary N) is 1. The monoisotopic (exact) mass is 333 g/mol. The molecule has 7 nitrogen and oxygen atoms in total. The Labute approximate surface area is 140 Å². The van der Waals surface area contributed by atoms with E-state index in [9.17, 15) is 9.59 Å². The zero-order chi connectivity index (χ0) is 18.1. The van der Waals surface area contributed by atoms with Crippen LogP contribution in [0.2, 0.25) is 0 Å². The SMILES string of the molecule is Cc1noc2nc(C(C)C)cc(C(=O)NC(C)(C)CCC(=O)O)c12. The molecule has 0 spiro atoms. The number of nitrogens with zero attached hydrogens (tertiary/aromatic N) is 2. The van der Waals surface area contributed by atoms with Crippen LogP contribution in [-0.2, 0) is 4.79 Å². The molecule has 0 unspecified atom stereocenters. The number of carboxylic acid groups (broad SMARTS) is 1. The number of pyridine rings is 1. The van der Waals surface area contributed by atoms with Crippen LogP contribution in [0.25, 0.3) is 11.1 Å². The summed E-state index contributed by atoms with van der Waals surface area (Å²) in [5.74, 6) is -1.04. The number of hydrogen-bond acceptors (Lipinski definition) is 5. The standard InChI is InChI=1S/C17H23N3O4/c1-9(2)12-8-11(14-10(3)20-24-16(14)18-12)15(23)19-17(4,5)7-6-13(21)22/h8-9H,6-7H2,1-5H3,(H,19,23)(H,21,22). The van der Waals surface area contributed by atoms with Crippen LogP contribution in [0.5, 0.6) is 0 Å². The van der Waals surface area contributed by atoms with Crippen molar-refractivity contribution in [3.05, 3.63) is 23.0 Å². The van der Waals surface area contributed by atoms with E-state index in [1.54, 1.807) is 26.8 Å². The van der Waals surface area contributed by atoms with Crippen molar-refractivity contribution in [2.45, 2.75) is 58.9 Å². The van der Waals surface area contributed by atoms with Crippen LogP contribution in [-0.4, -0.2) is 32.7 Å². The summed E-state index contributed by atoms with van der Waals surface area (Å²) in [6, 6.07) is 1.75. The lowest BCUT2D eigenvalue weighted by atomic mass is 9.97. The number of aromatic nitrogens is 2. The molecule has 0 aliphatic carbocycles. The van der Waals surface area contributed by atoms with Gasteiger partial charge in [-0.3, -0.25) is 9.59 Å². The molecule has 130 valence electrons. The number of fused-ring (bicyclic) bond motifs is 1. The zero-order valence-corrected chi connectivity index (χ0v) is 14.6. The number of carbonyl (C=O) groups excluding carboxylic acids is 1. The van der Waals surface area contributed by atoms with Crippen LogP contribution in [0.4, 0.5) is 0 Å². The maximum atomic E-state index is 12.8. The molecule has 0 atom stereocenters. The first-order chi connectivity index (χ1) is 11.1. The molecule has 0 fully saturated rings. The third-order valence-electron chi connectivity index (χ3n) is 3.89. The first kappa shape index (κ1) is 17.9. The van der Waals surface area contributed by atoms with Gasteiger partial charge < -0.3 is 14.9 Å². The Bertz CT molecular complexity index is 777. The summed E-state index contributed by atoms with van der Waals surface area (Å²) in [5, 5.41) is 16.2. The molecular weight excluding hydrogens is 310 g/mol. The second-order valence-corrected chi connectivity index (χ2v) is 6.93. The van der Waals surface area contributed by atoms with Gasteiger partial charge in [0.25, 0.3) is 11.6 Å². The molecule has 2 heterocycles. The van der Waals surface area contributed by atoms with Crippen molar-refractivity contribution in [2.75, 3.05) is 0 Å². The largest absolute Gasteiger partial charge is 0.481 e. The molecule has 0 aliphatic rings. The number of amides is 1. The van der Waals surface area contributed by atoms with Gasteiger partial charge >= 0.3 is 5.97 Å². The van der Waals surface area contributed by atoms with E-state index < -0.39 is 11.5 Å². The van der Waals surface area contributed by atoms with E-state index in [1.165, 1.54) is 0 Å². The summed E-state index contributed by atoms with van der Waals surface area (Å²) in [7, 11) is 0. The van der Waals surface area contributed by atoms with Gasteiger partial charge in [-0.25, -0.2) is 4.98 Å². The van der Waals surface area contributed by atoms with Gasteiger partial charge in [-0.05, 0) is 39.2 Å². The lowest BCUT2D eigenvalue weighted by Crippen LogP contribution is -2.43. The minimum Gasteiger partial charge on any atom is -0.481 e. The smallest absolute Gasteiger partial charge is 0.303 e. The minimum absolute atomic E-state index is 0.0113. The molecule has 0 bridgehead atoms. The lowest BCUT2D eigenvalue weighted by molar-refractivity contribution is -0.137. The van der Waals surface area contributed by atoms with Gasteiger partial charge in [-0.1, -0.05) is 19.0 Å². The predicted molar refractivity (Wildman–Crippen MR) is 89.0 cm³/mol. The molecule has 0 saturated carbocycles. The summed E-state index contributed by atoms with van der Waals surface area (Å²) in [6.07, 6.45) is 0.324. The van der Waals surface area contributed by atoms with Crippen LogP contribution >= 0.6 is 0 Å². The van der Waals surface area contributed by atoms with Crippen molar-refractivity contribution >= 4 is 23.0 Å². The van der Waals surface area contributed by atoms with Crippen molar-refractivity contribution in [1.29, 1.82) is 0 Å². The summed E-state index contributed by atoms with van der Waals surface area (Å²) >= 11 is 0. The van der Waals surface area contributed by atoms with Crippen molar-refractivity contribution in [2.24, 2.45) is 0 Å². The topological polar surface area (TPSA) is 105 Å². The highest BCUT2D eigenvalue weighted by Gasteiger charge is 2.25. The van der Waals surface area contributed by atoms with Gasteiger partial charge in [0.2, 0.25) is 0 Å². The van der Waals surface area contributed by atoms with Gasteiger partial charge in [0.05, 0.1) is 16.6 Å². The number of rotatable bonds is 6. The fourth-order valence-electron chi connectivity index (χ4n) is 2.45. The maximum Gasteiger partial charge on any atom is 0.303 e. The molecule has 0 saturated heterocycles. The molecule has 24 heavy (non-hydrogen) atoms. The van der Waals surface area contributed by atoms with E-state index in [1.807, 2.05) is 13.8 Å².